The second-order valence-corrected chi connectivity index (χ2v) is 8.23. The molecule has 1 atom stereocenters. The van der Waals surface area contributed by atoms with Crippen LogP contribution in [0, 0.1) is 0 Å². The SMILES string of the molecule is CC(=O)C1=C(C)NC(C)=C(C(=O)OCCN(C)C)C1c1csc2ccccc12. The molecule has 1 aliphatic heterocycles. The van der Waals surface area contributed by atoms with Crippen molar-refractivity contribution in [3.63, 3.8) is 0 Å². The second kappa shape index (κ2) is 8.29. The first-order valence-electron chi connectivity index (χ1n) is 9.28. The number of dihydropyridines is 1. The predicted molar refractivity (Wildman–Crippen MR) is 113 cm³/mol. The van der Waals surface area contributed by atoms with Crippen LogP contribution in [0.5, 0.6) is 0 Å². The fourth-order valence-corrected chi connectivity index (χ4v) is 4.65. The van der Waals surface area contributed by atoms with Crippen molar-refractivity contribution in [3.05, 3.63) is 57.7 Å². The van der Waals surface area contributed by atoms with E-state index in [9.17, 15) is 9.59 Å². The van der Waals surface area contributed by atoms with Crippen molar-refractivity contribution in [1.82, 2.24) is 10.2 Å². The van der Waals surface area contributed by atoms with Crippen LogP contribution in [0.4, 0.5) is 0 Å². The molecule has 0 bridgehead atoms. The lowest BCUT2D eigenvalue weighted by atomic mass is 9.79. The van der Waals surface area contributed by atoms with Gasteiger partial charge in [0.15, 0.2) is 5.78 Å². The molecule has 148 valence electrons. The summed E-state index contributed by atoms with van der Waals surface area (Å²) in [6, 6.07) is 8.08. The molecule has 0 aliphatic carbocycles. The van der Waals surface area contributed by atoms with Crippen LogP contribution in [0.3, 0.4) is 0 Å². The predicted octanol–water partition coefficient (Wildman–Crippen LogP) is 3.83. The Morgan fingerprint density at radius 2 is 1.82 bits per heavy atom. The highest BCUT2D eigenvalue weighted by molar-refractivity contribution is 7.17. The lowest BCUT2D eigenvalue weighted by Crippen LogP contribution is -2.32. The van der Waals surface area contributed by atoms with E-state index in [0.29, 0.717) is 24.3 Å². The molecule has 1 aliphatic rings. The van der Waals surface area contributed by atoms with Gasteiger partial charge < -0.3 is 15.0 Å². The molecule has 5 nitrogen and oxygen atoms in total. The first-order valence-corrected chi connectivity index (χ1v) is 10.2. The molecule has 0 radical (unpaired) electrons. The topological polar surface area (TPSA) is 58.6 Å². The molecular formula is C22H26N2O3S. The van der Waals surface area contributed by atoms with Gasteiger partial charge in [-0.05, 0) is 57.3 Å². The summed E-state index contributed by atoms with van der Waals surface area (Å²) in [5.74, 6) is -0.850. The number of allylic oxidation sites excluding steroid dienone is 3. The summed E-state index contributed by atoms with van der Waals surface area (Å²) in [7, 11) is 3.86. The number of benzene rings is 1. The number of rotatable bonds is 6. The largest absolute Gasteiger partial charge is 0.461 e. The first-order chi connectivity index (χ1) is 13.3. The van der Waals surface area contributed by atoms with E-state index in [1.807, 2.05) is 51.0 Å². The fraction of sp³-hybridized carbons (Fsp3) is 0.364. The van der Waals surface area contributed by atoms with Gasteiger partial charge in [0.25, 0.3) is 0 Å². The Bertz CT molecular complexity index is 985. The Kier molecular flexibility index (Phi) is 6.01. The molecule has 3 rings (SSSR count). The highest BCUT2D eigenvalue weighted by Crippen LogP contribution is 2.43. The number of nitrogens with one attached hydrogen (secondary N) is 1. The molecule has 2 heterocycles. The number of hydrogen-bond acceptors (Lipinski definition) is 6. The van der Waals surface area contributed by atoms with Crippen molar-refractivity contribution in [3.8, 4) is 0 Å². The number of Topliss-reactive ketones (excluding diaryl/α,β-unsaturated/α-hetero) is 1. The molecule has 0 saturated heterocycles. The number of nitrogens with zero attached hydrogens (tertiary/aromatic N) is 1. The van der Waals surface area contributed by atoms with Crippen LogP contribution >= 0.6 is 11.3 Å². The molecule has 1 aromatic heterocycles. The normalized spacial score (nSPS) is 17.3. The standard InChI is InChI=1S/C22H26N2O3S/c1-13-19(15(3)25)21(17-12-28-18-9-7-6-8-16(17)18)20(14(2)23-13)22(26)27-11-10-24(4)5/h6-9,12,21,23H,10-11H2,1-5H3. The summed E-state index contributed by atoms with van der Waals surface area (Å²) in [5.41, 5.74) is 3.63. The van der Waals surface area contributed by atoms with Gasteiger partial charge in [-0.1, -0.05) is 18.2 Å². The molecule has 2 aromatic rings. The van der Waals surface area contributed by atoms with Gasteiger partial charge in [0, 0.05) is 34.1 Å². The maximum atomic E-state index is 13.0. The summed E-state index contributed by atoms with van der Waals surface area (Å²) in [5, 5.41) is 6.33. The van der Waals surface area contributed by atoms with Gasteiger partial charge >= 0.3 is 5.97 Å². The summed E-state index contributed by atoms with van der Waals surface area (Å²) in [6.07, 6.45) is 0. The first kappa shape index (κ1) is 20.3. The number of carbonyl (C=O) groups is 2. The molecule has 0 fully saturated rings. The van der Waals surface area contributed by atoms with Gasteiger partial charge in [0.05, 0.1) is 5.57 Å². The summed E-state index contributed by atoms with van der Waals surface area (Å²) >= 11 is 1.62. The van der Waals surface area contributed by atoms with E-state index in [2.05, 4.69) is 16.8 Å². The summed E-state index contributed by atoms with van der Waals surface area (Å²) in [4.78, 5) is 27.6. The van der Waals surface area contributed by atoms with Gasteiger partial charge in [-0.3, -0.25) is 4.79 Å². The van der Waals surface area contributed by atoms with Gasteiger partial charge in [0.1, 0.15) is 6.61 Å². The zero-order valence-corrected chi connectivity index (χ0v) is 17.8. The maximum absolute atomic E-state index is 13.0. The Labute approximate surface area is 169 Å². The third kappa shape index (κ3) is 3.88. The number of thiophene rings is 1. The number of hydrogen-bond donors (Lipinski definition) is 1. The van der Waals surface area contributed by atoms with E-state index >= 15 is 0 Å². The van der Waals surface area contributed by atoms with Crippen LogP contribution in [-0.2, 0) is 14.3 Å². The smallest absolute Gasteiger partial charge is 0.336 e. The molecule has 1 aromatic carbocycles. The number of likely N-dealkylation sites (N-methyl/N-ethyl adjacent to an activating group) is 1. The van der Waals surface area contributed by atoms with Crippen LogP contribution in [0.1, 0.15) is 32.3 Å². The highest BCUT2D eigenvalue weighted by atomic mass is 32.1. The molecular weight excluding hydrogens is 372 g/mol. The van der Waals surface area contributed by atoms with Crippen molar-refractivity contribution in [2.75, 3.05) is 27.2 Å². The van der Waals surface area contributed by atoms with E-state index in [4.69, 9.17) is 4.74 Å². The molecule has 6 heteroatoms. The third-order valence-electron chi connectivity index (χ3n) is 4.95. The van der Waals surface area contributed by atoms with Gasteiger partial charge in [-0.2, -0.15) is 0 Å². The molecule has 28 heavy (non-hydrogen) atoms. The van der Waals surface area contributed by atoms with E-state index in [-0.39, 0.29) is 11.8 Å². The van der Waals surface area contributed by atoms with Crippen molar-refractivity contribution >= 4 is 33.2 Å². The summed E-state index contributed by atoms with van der Waals surface area (Å²) < 4.78 is 6.69. The minimum atomic E-state index is -0.429. The summed E-state index contributed by atoms with van der Waals surface area (Å²) in [6.45, 7) is 6.25. The van der Waals surface area contributed by atoms with E-state index < -0.39 is 5.92 Å². The number of esters is 1. The van der Waals surface area contributed by atoms with E-state index in [1.54, 1.807) is 18.3 Å². The third-order valence-corrected chi connectivity index (χ3v) is 5.93. The van der Waals surface area contributed by atoms with Crippen LogP contribution in [0.15, 0.2) is 52.2 Å². The van der Waals surface area contributed by atoms with Gasteiger partial charge in [0.2, 0.25) is 0 Å². The molecule has 1 unspecified atom stereocenters. The minimum absolute atomic E-state index is 0.0450. The molecule has 0 amide bonds. The van der Waals surface area contributed by atoms with E-state index in [0.717, 1.165) is 27.0 Å². The molecule has 1 N–H and O–H groups in total. The second-order valence-electron chi connectivity index (χ2n) is 7.32. The molecule has 0 saturated carbocycles. The quantitative estimate of drug-likeness (QED) is 0.750. The van der Waals surface area contributed by atoms with E-state index in [1.165, 1.54) is 0 Å². The van der Waals surface area contributed by atoms with Gasteiger partial charge in [-0.15, -0.1) is 11.3 Å². The lowest BCUT2D eigenvalue weighted by Gasteiger charge is -2.30. The van der Waals surface area contributed by atoms with Crippen LogP contribution in [0.2, 0.25) is 0 Å². The van der Waals surface area contributed by atoms with Crippen molar-refractivity contribution in [1.29, 1.82) is 0 Å². The Morgan fingerprint density at radius 1 is 1.14 bits per heavy atom. The number of carbonyl (C=O) groups excluding carboxylic acids is 2. The minimum Gasteiger partial charge on any atom is -0.461 e. The fourth-order valence-electron chi connectivity index (χ4n) is 3.66. The Balaban J connectivity index is 2.09. The highest BCUT2D eigenvalue weighted by Gasteiger charge is 2.37. The number of fused-ring (bicyclic) bond motifs is 1. The van der Waals surface area contributed by atoms with Gasteiger partial charge in [-0.25, -0.2) is 4.79 Å². The van der Waals surface area contributed by atoms with Crippen LogP contribution < -0.4 is 5.32 Å². The zero-order valence-electron chi connectivity index (χ0n) is 17.0. The number of ether oxygens (including phenoxy) is 1. The van der Waals surface area contributed by atoms with Crippen LogP contribution in [0.25, 0.3) is 10.1 Å². The van der Waals surface area contributed by atoms with Crippen molar-refractivity contribution in [2.24, 2.45) is 0 Å². The Morgan fingerprint density at radius 3 is 2.50 bits per heavy atom. The number of ketones is 1. The van der Waals surface area contributed by atoms with Crippen molar-refractivity contribution in [2.45, 2.75) is 26.7 Å². The zero-order chi connectivity index (χ0) is 20.4. The lowest BCUT2D eigenvalue weighted by molar-refractivity contribution is -0.139. The Hall–Kier alpha value is -2.44. The molecule has 0 spiro atoms. The maximum Gasteiger partial charge on any atom is 0.336 e. The van der Waals surface area contributed by atoms with Crippen LogP contribution in [-0.4, -0.2) is 43.9 Å². The monoisotopic (exact) mass is 398 g/mol. The average Bonchev–Trinajstić information content (AvgIpc) is 3.04. The van der Waals surface area contributed by atoms with Crippen molar-refractivity contribution < 1.29 is 14.3 Å². The average molecular weight is 399 g/mol.